The zero-order valence-corrected chi connectivity index (χ0v) is 23.0. The van der Waals surface area contributed by atoms with Gasteiger partial charge in [0.15, 0.2) is 0 Å². The number of phenolic OH excluding ortho intramolecular Hbond substituents is 1. The van der Waals surface area contributed by atoms with E-state index in [1.165, 1.54) is 0 Å². The molecule has 8 nitrogen and oxygen atoms in total. The standard InChI is InChI=1S/C31H36N2O6/c1-5-38-30(35)29-24(17-33-9-11-37-12-10-33)32-23-16-25(26-19(3)13-18(2)14-20(26)4)39-31(36)28(23)27(29)21-7-6-8-22(34)15-21/h6-8,13-15,25,27,32,34H,5,9-12,16-17H2,1-4H3. The van der Waals surface area contributed by atoms with Crippen LogP contribution in [-0.4, -0.2) is 61.4 Å². The number of benzene rings is 2. The van der Waals surface area contributed by atoms with Crippen molar-refractivity contribution in [2.75, 3.05) is 39.5 Å². The molecule has 3 aliphatic heterocycles. The van der Waals surface area contributed by atoms with E-state index < -0.39 is 24.0 Å². The van der Waals surface area contributed by atoms with E-state index in [9.17, 15) is 14.7 Å². The van der Waals surface area contributed by atoms with Crippen molar-refractivity contribution >= 4 is 11.9 Å². The Bertz CT molecular complexity index is 1330. The summed E-state index contributed by atoms with van der Waals surface area (Å²) in [5, 5.41) is 13.8. The van der Waals surface area contributed by atoms with Gasteiger partial charge in [0.25, 0.3) is 0 Å². The van der Waals surface area contributed by atoms with Gasteiger partial charge in [-0.2, -0.15) is 0 Å². The van der Waals surface area contributed by atoms with Gasteiger partial charge in [0.05, 0.1) is 36.9 Å². The minimum Gasteiger partial charge on any atom is -0.508 e. The average molecular weight is 533 g/mol. The molecule has 3 aliphatic rings. The van der Waals surface area contributed by atoms with E-state index in [2.05, 4.69) is 29.3 Å². The third-order valence-corrected chi connectivity index (χ3v) is 7.63. The molecule has 2 unspecified atom stereocenters. The Morgan fingerprint density at radius 2 is 1.85 bits per heavy atom. The van der Waals surface area contributed by atoms with Gasteiger partial charge in [-0.05, 0) is 62.1 Å². The van der Waals surface area contributed by atoms with Crippen LogP contribution in [0.1, 0.15) is 53.2 Å². The number of dihydropyridines is 1. The molecule has 0 amide bonds. The van der Waals surface area contributed by atoms with Gasteiger partial charge in [-0.1, -0.05) is 29.8 Å². The zero-order chi connectivity index (χ0) is 27.7. The Morgan fingerprint density at radius 1 is 1.13 bits per heavy atom. The quantitative estimate of drug-likeness (QED) is 0.537. The molecular weight excluding hydrogens is 496 g/mol. The van der Waals surface area contributed by atoms with Crippen LogP contribution in [0.15, 0.2) is 58.9 Å². The SMILES string of the molecule is CCOC(=O)C1=C(CN2CCOCC2)NC2=C(C(=O)OC(c3c(C)cc(C)cc3C)C2)C1c1cccc(O)c1. The summed E-state index contributed by atoms with van der Waals surface area (Å²) in [4.78, 5) is 29.5. The Labute approximate surface area is 229 Å². The Hall–Kier alpha value is -3.62. The van der Waals surface area contributed by atoms with Gasteiger partial charge in [-0.25, -0.2) is 9.59 Å². The summed E-state index contributed by atoms with van der Waals surface area (Å²) >= 11 is 0. The van der Waals surface area contributed by atoms with Crippen molar-refractivity contribution in [3.63, 3.8) is 0 Å². The fraction of sp³-hybridized carbons (Fsp3) is 0.419. The summed E-state index contributed by atoms with van der Waals surface area (Å²) in [5.74, 6) is -1.65. The molecule has 8 heteroatoms. The molecule has 2 aromatic carbocycles. The second-order valence-corrected chi connectivity index (χ2v) is 10.5. The third kappa shape index (κ3) is 5.44. The van der Waals surface area contributed by atoms with Crippen LogP contribution < -0.4 is 5.32 Å². The summed E-state index contributed by atoms with van der Waals surface area (Å²) in [6, 6.07) is 10.9. The maximum atomic E-state index is 13.8. The van der Waals surface area contributed by atoms with Crippen molar-refractivity contribution in [3.05, 3.63) is 86.8 Å². The van der Waals surface area contributed by atoms with Gasteiger partial charge in [0, 0.05) is 37.4 Å². The molecular formula is C31H36N2O6. The summed E-state index contributed by atoms with van der Waals surface area (Å²) < 4.78 is 17.1. The lowest BCUT2D eigenvalue weighted by molar-refractivity contribution is -0.147. The molecule has 0 bridgehead atoms. The number of hydrogen-bond acceptors (Lipinski definition) is 8. The zero-order valence-electron chi connectivity index (χ0n) is 23.0. The second-order valence-electron chi connectivity index (χ2n) is 10.5. The fourth-order valence-electron chi connectivity index (χ4n) is 6.09. The van der Waals surface area contributed by atoms with Crippen LogP contribution in [0, 0.1) is 20.8 Å². The minimum atomic E-state index is -0.739. The molecule has 1 fully saturated rings. The van der Waals surface area contributed by atoms with Gasteiger partial charge in [-0.3, -0.25) is 4.90 Å². The highest BCUT2D eigenvalue weighted by Crippen LogP contribution is 2.46. The number of ether oxygens (including phenoxy) is 3. The van der Waals surface area contributed by atoms with Gasteiger partial charge in [0.1, 0.15) is 11.9 Å². The number of aryl methyl sites for hydroxylation is 3. The van der Waals surface area contributed by atoms with E-state index >= 15 is 0 Å². The van der Waals surface area contributed by atoms with Crippen LogP contribution >= 0.6 is 0 Å². The highest BCUT2D eigenvalue weighted by Gasteiger charge is 2.44. The number of rotatable bonds is 6. The van der Waals surface area contributed by atoms with Gasteiger partial charge in [0.2, 0.25) is 0 Å². The molecule has 0 aromatic heterocycles. The van der Waals surface area contributed by atoms with Crippen molar-refractivity contribution in [2.45, 2.75) is 46.1 Å². The molecule has 2 atom stereocenters. The van der Waals surface area contributed by atoms with Crippen LogP contribution in [0.4, 0.5) is 0 Å². The third-order valence-electron chi connectivity index (χ3n) is 7.63. The number of carbonyl (C=O) groups is 2. The summed E-state index contributed by atoms with van der Waals surface area (Å²) in [7, 11) is 0. The van der Waals surface area contributed by atoms with Gasteiger partial charge < -0.3 is 24.6 Å². The van der Waals surface area contributed by atoms with E-state index in [-0.39, 0.29) is 12.4 Å². The molecule has 1 saturated heterocycles. The summed E-state index contributed by atoms with van der Waals surface area (Å²) in [6.07, 6.45) is -0.00734. The molecule has 0 saturated carbocycles. The van der Waals surface area contributed by atoms with E-state index in [0.29, 0.717) is 48.6 Å². The van der Waals surface area contributed by atoms with Crippen molar-refractivity contribution in [3.8, 4) is 5.75 Å². The first kappa shape index (κ1) is 27.0. The lowest BCUT2D eigenvalue weighted by Crippen LogP contribution is -2.44. The topological polar surface area (TPSA) is 97.3 Å². The van der Waals surface area contributed by atoms with Crippen LogP contribution in [0.3, 0.4) is 0 Å². The van der Waals surface area contributed by atoms with Crippen molar-refractivity contribution in [2.24, 2.45) is 0 Å². The van der Waals surface area contributed by atoms with Crippen LogP contribution in [0.2, 0.25) is 0 Å². The number of morpholine rings is 1. The molecule has 39 heavy (non-hydrogen) atoms. The van der Waals surface area contributed by atoms with E-state index in [4.69, 9.17) is 14.2 Å². The highest BCUT2D eigenvalue weighted by molar-refractivity contribution is 6.00. The minimum absolute atomic E-state index is 0.0547. The number of nitrogens with zero attached hydrogens (tertiary/aromatic N) is 1. The van der Waals surface area contributed by atoms with E-state index in [0.717, 1.165) is 41.0 Å². The maximum absolute atomic E-state index is 13.8. The first-order valence-electron chi connectivity index (χ1n) is 13.5. The molecule has 206 valence electrons. The average Bonchev–Trinajstić information content (AvgIpc) is 2.88. The van der Waals surface area contributed by atoms with Gasteiger partial charge in [-0.15, -0.1) is 0 Å². The predicted molar refractivity (Wildman–Crippen MR) is 146 cm³/mol. The lowest BCUT2D eigenvalue weighted by Gasteiger charge is -2.39. The molecule has 3 heterocycles. The molecule has 0 spiro atoms. The number of cyclic esters (lactones) is 1. The largest absolute Gasteiger partial charge is 0.508 e. The smallest absolute Gasteiger partial charge is 0.337 e. The summed E-state index contributed by atoms with van der Waals surface area (Å²) in [6.45, 7) is 11.3. The first-order chi connectivity index (χ1) is 18.8. The maximum Gasteiger partial charge on any atom is 0.337 e. The molecule has 5 rings (SSSR count). The number of nitrogens with one attached hydrogen (secondary N) is 1. The first-order valence-corrected chi connectivity index (χ1v) is 13.5. The van der Waals surface area contributed by atoms with Crippen molar-refractivity contribution in [1.29, 1.82) is 0 Å². The molecule has 0 aliphatic carbocycles. The van der Waals surface area contributed by atoms with Crippen LogP contribution in [0.5, 0.6) is 5.75 Å². The molecule has 2 N–H and O–H groups in total. The molecule has 2 aromatic rings. The van der Waals surface area contributed by atoms with Crippen molar-refractivity contribution in [1.82, 2.24) is 10.2 Å². The number of aromatic hydroxyl groups is 1. The van der Waals surface area contributed by atoms with Crippen LogP contribution in [0.25, 0.3) is 0 Å². The van der Waals surface area contributed by atoms with Crippen molar-refractivity contribution < 1.29 is 28.9 Å². The Balaban J connectivity index is 1.63. The number of phenols is 1. The Kier molecular flexibility index (Phi) is 7.77. The Morgan fingerprint density at radius 3 is 2.51 bits per heavy atom. The van der Waals surface area contributed by atoms with E-state index in [1.807, 2.05) is 19.9 Å². The number of carbonyl (C=O) groups excluding carboxylic acids is 2. The lowest BCUT2D eigenvalue weighted by atomic mass is 9.77. The second kappa shape index (κ2) is 11.2. The highest BCUT2D eigenvalue weighted by atomic mass is 16.5. The number of esters is 2. The normalized spacial score (nSPS) is 21.8. The molecule has 0 radical (unpaired) electrons. The van der Waals surface area contributed by atoms with Gasteiger partial charge >= 0.3 is 11.9 Å². The van der Waals surface area contributed by atoms with E-state index in [1.54, 1.807) is 25.1 Å². The monoisotopic (exact) mass is 532 g/mol. The summed E-state index contributed by atoms with van der Waals surface area (Å²) in [5.41, 5.74) is 7.13. The number of hydrogen-bond donors (Lipinski definition) is 2. The van der Waals surface area contributed by atoms with Crippen LogP contribution in [-0.2, 0) is 23.8 Å². The fourth-order valence-corrected chi connectivity index (χ4v) is 6.09. The predicted octanol–water partition coefficient (Wildman–Crippen LogP) is 4.10.